The second-order valence-electron chi connectivity index (χ2n) is 5.01. The van der Waals surface area contributed by atoms with Crippen LogP contribution in [-0.2, 0) is 14.2 Å². The highest BCUT2D eigenvalue weighted by Gasteiger charge is 2.33. The maximum absolute atomic E-state index is 11.9. The first-order valence-corrected chi connectivity index (χ1v) is 6.92. The Bertz CT molecular complexity index is 484. The monoisotopic (exact) mass is 328 g/mol. The standard InChI is InChI=1S/C14H17BrO4/c1-9-6-10(4-5-12(9)15)13(16)17-7-11-8-18-14(2,3)19-11/h4-6,11H,7-8H2,1-3H3. The lowest BCUT2D eigenvalue weighted by molar-refractivity contribution is -0.142. The Balaban J connectivity index is 1.89. The van der Waals surface area contributed by atoms with Gasteiger partial charge in [-0.3, -0.25) is 0 Å². The maximum atomic E-state index is 11.9. The summed E-state index contributed by atoms with van der Waals surface area (Å²) in [6.07, 6.45) is -0.199. The van der Waals surface area contributed by atoms with E-state index in [-0.39, 0.29) is 18.7 Å². The number of halogens is 1. The number of ether oxygens (including phenoxy) is 3. The molecular weight excluding hydrogens is 312 g/mol. The minimum atomic E-state index is -0.592. The molecule has 1 aromatic carbocycles. The molecule has 19 heavy (non-hydrogen) atoms. The van der Waals surface area contributed by atoms with Crippen LogP contribution < -0.4 is 0 Å². The van der Waals surface area contributed by atoms with Crippen LogP contribution in [0.15, 0.2) is 22.7 Å². The second-order valence-corrected chi connectivity index (χ2v) is 5.87. The van der Waals surface area contributed by atoms with E-state index in [1.54, 1.807) is 12.1 Å². The fourth-order valence-electron chi connectivity index (χ4n) is 1.87. The number of rotatable bonds is 3. The van der Waals surface area contributed by atoms with Gasteiger partial charge >= 0.3 is 5.97 Å². The third kappa shape index (κ3) is 3.78. The Hall–Kier alpha value is -0.910. The summed E-state index contributed by atoms with van der Waals surface area (Å²) < 4.78 is 17.2. The van der Waals surface area contributed by atoms with Gasteiger partial charge in [0.05, 0.1) is 12.2 Å². The van der Waals surface area contributed by atoms with E-state index >= 15 is 0 Å². The van der Waals surface area contributed by atoms with E-state index in [0.29, 0.717) is 12.2 Å². The van der Waals surface area contributed by atoms with Gasteiger partial charge in [-0.05, 0) is 44.5 Å². The molecule has 0 saturated carbocycles. The van der Waals surface area contributed by atoms with Gasteiger partial charge in [-0.2, -0.15) is 0 Å². The molecule has 0 radical (unpaired) electrons. The van der Waals surface area contributed by atoms with Gasteiger partial charge in [0.1, 0.15) is 12.7 Å². The first-order chi connectivity index (χ1) is 8.87. The van der Waals surface area contributed by atoms with E-state index in [0.717, 1.165) is 10.0 Å². The Morgan fingerprint density at radius 3 is 2.84 bits per heavy atom. The van der Waals surface area contributed by atoms with Gasteiger partial charge in [0, 0.05) is 4.47 Å². The second kappa shape index (κ2) is 5.61. The van der Waals surface area contributed by atoms with E-state index in [9.17, 15) is 4.79 Å². The summed E-state index contributed by atoms with van der Waals surface area (Å²) in [4.78, 5) is 11.9. The van der Waals surface area contributed by atoms with Gasteiger partial charge in [-0.25, -0.2) is 4.79 Å². The zero-order valence-corrected chi connectivity index (χ0v) is 12.8. The molecule has 1 atom stereocenters. The number of hydrogen-bond acceptors (Lipinski definition) is 4. The van der Waals surface area contributed by atoms with Crippen molar-refractivity contribution >= 4 is 21.9 Å². The number of carbonyl (C=O) groups excluding carboxylic acids is 1. The van der Waals surface area contributed by atoms with Crippen molar-refractivity contribution in [3.05, 3.63) is 33.8 Å². The largest absolute Gasteiger partial charge is 0.459 e. The number of benzene rings is 1. The van der Waals surface area contributed by atoms with Gasteiger partial charge in [0.15, 0.2) is 5.79 Å². The molecule has 0 aliphatic carbocycles. The molecule has 0 amide bonds. The SMILES string of the molecule is Cc1cc(C(=O)OCC2COC(C)(C)O2)ccc1Br. The van der Waals surface area contributed by atoms with Crippen molar-refractivity contribution in [1.82, 2.24) is 0 Å². The number of carbonyl (C=O) groups is 1. The van der Waals surface area contributed by atoms with Gasteiger partial charge in [0.2, 0.25) is 0 Å². The molecule has 2 rings (SSSR count). The molecule has 1 fully saturated rings. The Kier molecular flexibility index (Phi) is 4.28. The highest BCUT2D eigenvalue weighted by molar-refractivity contribution is 9.10. The molecule has 0 bridgehead atoms. The van der Waals surface area contributed by atoms with Crippen LogP contribution in [0.3, 0.4) is 0 Å². The predicted octanol–water partition coefficient (Wildman–Crippen LogP) is 3.07. The summed E-state index contributed by atoms with van der Waals surface area (Å²) in [7, 11) is 0. The molecule has 0 spiro atoms. The van der Waals surface area contributed by atoms with Crippen LogP contribution in [0.5, 0.6) is 0 Å². The summed E-state index contributed by atoms with van der Waals surface area (Å²) >= 11 is 3.40. The lowest BCUT2D eigenvalue weighted by Crippen LogP contribution is -2.25. The van der Waals surface area contributed by atoms with Crippen LogP contribution in [0, 0.1) is 6.92 Å². The van der Waals surface area contributed by atoms with Crippen LogP contribution in [0.2, 0.25) is 0 Å². The average Bonchev–Trinajstić information content (AvgIpc) is 2.69. The van der Waals surface area contributed by atoms with Crippen LogP contribution >= 0.6 is 15.9 Å². The van der Waals surface area contributed by atoms with Crippen molar-refractivity contribution in [1.29, 1.82) is 0 Å². The lowest BCUT2D eigenvalue weighted by atomic mass is 10.1. The molecule has 1 aliphatic heterocycles. The quantitative estimate of drug-likeness (QED) is 0.800. The summed E-state index contributed by atoms with van der Waals surface area (Å²) in [5.74, 6) is -0.936. The van der Waals surface area contributed by atoms with Crippen LogP contribution in [0.25, 0.3) is 0 Å². The van der Waals surface area contributed by atoms with E-state index in [1.807, 2.05) is 26.8 Å². The van der Waals surface area contributed by atoms with Crippen molar-refractivity contribution < 1.29 is 19.0 Å². The molecule has 1 unspecified atom stereocenters. The summed E-state index contributed by atoms with van der Waals surface area (Å²) in [5, 5.41) is 0. The van der Waals surface area contributed by atoms with Crippen LogP contribution in [0.4, 0.5) is 0 Å². The van der Waals surface area contributed by atoms with Crippen molar-refractivity contribution in [2.45, 2.75) is 32.7 Å². The van der Waals surface area contributed by atoms with Crippen molar-refractivity contribution in [2.75, 3.05) is 13.2 Å². The summed E-state index contributed by atoms with van der Waals surface area (Å²) in [6, 6.07) is 5.36. The maximum Gasteiger partial charge on any atom is 0.338 e. The Labute approximate surface area is 121 Å². The molecular formula is C14H17BrO4. The van der Waals surface area contributed by atoms with Gasteiger partial charge in [-0.1, -0.05) is 15.9 Å². The molecule has 1 saturated heterocycles. The highest BCUT2D eigenvalue weighted by atomic mass is 79.9. The fourth-order valence-corrected chi connectivity index (χ4v) is 2.12. The van der Waals surface area contributed by atoms with Crippen LogP contribution in [-0.4, -0.2) is 31.1 Å². The van der Waals surface area contributed by atoms with Gasteiger partial charge < -0.3 is 14.2 Å². The molecule has 4 nitrogen and oxygen atoms in total. The summed E-state index contributed by atoms with van der Waals surface area (Å²) in [6.45, 7) is 6.26. The minimum absolute atomic E-state index is 0.199. The number of hydrogen-bond donors (Lipinski definition) is 0. The lowest BCUT2D eigenvalue weighted by Gasteiger charge is -2.17. The molecule has 1 aromatic rings. The highest BCUT2D eigenvalue weighted by Crippen LogP contribution is 2.23. The molecule has 0 aromatic heterocycles. The van der Waals surface area contributed by atoms with Crippen molar-refractivity contribution in [3.8, 4) is 0 Å². The Morgan fingerprint density at radius 1 is 1.53 bits per heavy atom. The predicted molar refractivity (Wildman–Crippen MR) is 74.1 cm³/mol. The molecule has 104 valence electrons. The van der Waals surface area contributed by atoms with Crippen LogP contribution in [0.1, 0.15) is 29.8 Å². The van der Waals surface area contributed by atoms with E-state index in [2.05, 4.69) is 15.9 Å². The number of aryl methyl sites for hydroxylation is 1. The Morgan fingerprint density at radius 2 is 2.26 bits per heavy atom. The smallest absolute Gasteiger partial charge is 0.338 e. The van der Waals surface area contributed by atoms with Crippen molar-refractivity contribution in [2.24, 2.45) is 0 Å². The van der Waals surface area contributed by atoms with Gasteiger partial charge in [0.25, 0.3) is 0 Å². The average molecular weight is 329 g/mol. The van der Waals surface area contributed by atoms with Gasteiger partial charge in [-0.15, -0.1) is 0 Å². The molecule has 1 aliphatic rings. The topological polar surface area (TPSA) is 44.8 Å². The third-order valence-corrected chi connectivity index (χ3v) is 3.75. The molecule has 5 heteroatoms. The number of esters is 1. The first-order valence-electron chi connectivity index (χ1n) is 6.12. The van der Waals surface area contributed by atoms with Crippen molar-refractivity contribution in [3.63, 3.8) is 0 Å². The zero-order chi connectivity index (χ0) is 14.0. The van der Waals surface area contributed by atoms with E-state index in [4.69, 9.17) is 14.2 Å². The van der Waals surface area contributed by atoms with E-state index in [1.165, 1.54) is 0 Å². The minimum Gasteiger partial charge on any atom is -0.459 e. The van der Waals surface area contributed by atoms with E-state index < -0.39 is 5.79 Å². The summed E-state index contributed by atoms with van der Waals surface area (Å²) in [5.41, 5.74) is 1.54. The zero-order valence-electron chi connectivity index (χ0n) is 11.2. The fraction of sp³-hybridized carbons (Fsp3) is 0.500. The third-order valence-electron chi connectivity index (χ3n) is 2.86. The molecule has 1 heterocycles. The normalized spacial score (nSPS) is 21.4. The molecule has 0 N–H and O–H groups in total. The first kappa shape index (κ1) is 14.5.